The van der Waals surface area contributed by atoms with Gasteiger partial charge in [0.2, 0.25) is 6.41 Å². The number of rotatable bonds is 6. The zero-order chi connectivity index (χ0) is 11.3. The third kappa shape index (κ3) is 3.71. The van der Waals surface area contributed by atoms with Crippen LogP contribution in [0.2, 0.25) is 0 Å². The van der Waals surface area contributed by atoms with E-state index in [1.807, 2.05) is 0 Å². The van der Waals surface area contributed by atoms with Crippen LogP contribution in [0.15, 0.2) is 0 Å². The van der Waals surface area contributed by atoms with E-state index in [1.165, 1.54) is 11.8 Å². The largest absolute Gasteiger partial charge is 0.480 e. The van der Waals surface area contributed by atoms with Crippen molar-refractivity contribution in [2.24, 2.45) is 0 Å². The van der Waals surface area contributed by atoms with Crippen molar-refractivity contribution >= 4 is 24.1 Å². The van der Waals surface area contributed by atoms with Gasteiger partial charge in [-0.3, -0.25) is 4.79 Å². The second-order valence-corrected chi connectivity index (χ2v) is 4.82. The molecule has 6 heteroatoms. The molecule has 1 aliphatic carbocycles. The minimum Gasteiger partial charge on any atom is -0.480 e. The predicted octanol–water partition coefficient (Wildman–Crippen LogP) is -0.168. The highest BCUT2D eigenvalue weighted by atomic mass is 32.2. The Morgan fingerprint density at radius 2 is 2.33 bits per heavy atom. The van der Waals surface area contributed by atoms with E-state index in [0.29, 0.717) is 12.2 Å². The van der Waals surface area contributed by atoms with Crippen molar-refractivity contribution in [3.8, 4) is 0 Å². The maximum atomic E-state index is 10.7. The fourth-order valence-corrected chi connectivity index (χ4v) is 2.96. The average molecular weight is 233 g/mol. The molecule has 0 heterocycles. The maximum absolute atomic E-state index is 10.7. The van der Waals surface area contributed by atoms with Crippen molar-refractivity contribution in [3.63, 3.8) is 0 Å². The lowest BCUT2D eigenvalue weighted by Gasteiger charge is -2.16. The molecule has 0 aromatic carbocycles. The van der Waals surface area contributed by atoms with Crippen molar-refractivity contribution in [2.45, 2.75) is 36.7 Å². The van der Waals surface area contributed by atoms with Crippen LogP contribution in [-0.4, -0.2) is 45.7 Å². The van der Waals surface area contributed by atoms with Crippen molar-refractivity contribution in [2.75, 3.05) is 5.75 Å². The summed E-state index contributed by atoms with van der Waals surface area (Å²) in [7, 11) is 0. The molecule has 0 aromatic rings. The first kappa shape index (κ1) is 12.3. The van der Waals surface area contributed by atoms with Crippen LogP contribution in [0.5, 0.6) is 0 Å². The van der Waals surface area contributed by atoms with E-state index >= 15 is 0 Å². The second-order valence-electron chi connectivity index (χ2n) is 3.55. The fourth-order valence-electron chi connectivity index (χ4n) is 1.59. The van der Waals surface area contributed by atoms with Gasteiger partial charge in [-0.2, -0.15) is 11.8 Å². The summed E-state index contributed by atoms with van der Waals surface area (Å²) in [6.07, 6.45) is 2.75. The molecule has 0 spiro atoms. The number of hydrogen-bond donors (Lipinski definition) is 3. The van der Waals surface area contributed by atoms with E-state index in [9.17, 15) is 14.7 Å². The van der Waals surface area contributed by atoms with Crippen molar-refractivity contribution in [1.29, 1.82) is 0 Å². The van der Waals surface area contributed by atoms with Crippen molar-refractivity contribution in [3.05, 3.63) is 0 Å². The normalized spacial score (nSPS) is 27.3. The predicted molar refractivity (Wildman–Crippen MR) is 56.7 cm³/mol. The topological polar surface area (TPSA) is 86.6 Å². The Kier molecular flexibility index (Phi) is 4.90. The Morgan fingerprint density at radius 1 is 1.60 bits per heavy atom. The zero-order valence-electron chi connectivity index (χ0n) is 8.26. The number of amides is 1. The second kappa shape index (κ2) is 5.97. The van der Waals surface area contributed by atoms with Crippen LogP contribution < -0.4 is 5.32 Å². The Morgan fingerprint density at radius 3 is 2.80 bits per heavy atom. The first-order valence-corrected chi connectivity index (χ1v) is 5.92. The van der Waals surface area contributed by atoms with Crippen LogP contribution in [-0.2, 0) is 9.59 Å². The Labute approximate surface area is 92.2 Å². The molecule has 3 unspecified atom stereocenters. The molecule has 1 fully saturated rings. The highest BCUT2D eigenvalue weighted by Gasteiger charge is 2.27. The Hall–Kier alpha value is -0.750. The highest BCUT2D eigenvalue weighted by Crippen LogP contribution is 2.30. The molecule has 86 valence electrons. The smallest absolute Gasteiger partial charge is 0.327 e. The first-order chi connectivity index (χ1) is 7.15. The Bertz CT molecular complexity index is 236. The van der Waals surface area contributed by atoms with Crippen LogP contribution >= 0.6 is 11.8 Å². The highest BCUT2D eigenvalue weighted by molar-refractivity contribution is 8.00. The first-order valence-electron chi connectivity index (χ1n) is 4.87. The summed E-state index contributed by atoms with van der Waals surface area (Å²) in [5.74, 6) is -0.738. The van der Waals surface area contributed by atoms with Gasteiger partial charge >= 0.3 is 5.97 Å². The van der Waals surface area contributed by atoms with Gasteiger partial charge in [-0.1, -0.05) is 0 Å². The van der Waals surface area contributed by atoms with Crippen LogP contribution in [0.25, 0.3) is 0 Å². The molecule has 1 amide bonds. The lowest BCUT2D eigenvalue weighted by Crippen LogP contribution is -2.38. The SMILES string of the molecule is O=CNC(CSC1CCCC1O)C(=O)O. The standard InChI is InChI=1S/C9H15NO4S/c11-5-10-6(9(13)14)4-15-8-3-1-2-7(8)12/h5-8,12H,1-4H2,(H,10,11)(H,13,14). The zero-order valence-corrected chi connectivity index (χ0v) is 9.07. The molecule has 0 aromatic heterocycles. The molecule has 3 atom stereocenters. The molecule has 15 heavy (non-hydrogen) atoms. The monoisotopic (exact) mass is 233 g/mol. The molecular formula is C9H15NO4S. The lowest BCUT2D eigenvalue weighted by atomic mass is 10.3. The number of thioether (sulfide) groups is 1. The number of aliphatic hydroxyl groups is 1. The van der Waals surface area contributed by atoms with E-state index in [1.54, 1.807) is 0 Å². The number of carbonyl (C=O) groups is 2. The molecule has 5 nitrogen and oxygen atoms in total. The van der Waals surface area contributed by atoms with Gasteiger partial charge < -0.3 is 15.5 Å². The van der Waals surface area contributed by atoms with Gasteiger partial charge in [-0.15, -0.1) is 0 Å². The average Bonchev–Trinajstić information content (AvgIpc) is 2.58. The van der Waals surface area contributed by atoms with Crippen molar-refractivity contribution < 1.29 is 19.8 Å². The van der Waals surface area contributed by atoms with Gasteiger partial charge in [-0.05, 0) is 19.3 Å². The molecule has 1 saturated carbocycles. The van der Waals surface area contributed by atoms with Gasteiger partial charge in [0.05, 0.1) is 6.10 Å². The molecule has 0 aliphatic heterocycles. The summed E-state index contributed by atoms with van der Waals surface area (Å²) in [6, 6.07) is -0.861. The number of carboxylic acids is 1. The molecule has 0 bridgehead atoms. The summed E-state index contributed by atoms with van der Waals surface area (Å²) < 4.78 is 0. The number of aliphatic carboxylic acids is 1. The van der Waals surface area contributed by atoms with Gasteiger partial charge in [0.15, 0.2) is 0 Å². The lowest BCUT2D eigenvalue weighted by molar-refractivity contribution is -0.139. The fraction of sp³-hybridized carbons (Fsp3) is 0.778. The van der Waals surface area contributed by atoms with Gasteiger partial charge in [-0.25, -0.2) is 4.79 Å². The number of nitrogens with one attached hydrogen (secondary N) is 1. The molecular weight excluding hydrogens is 218 g/mol. The third-order valence-corrected chi connectivity index (χ3v) is 3.97. The summed E-state index contributed by atoms with van der Waals surface area (Å²) in [6.45, 7) is 0. The van der Waals surface area contributed by atoms with E-state index < -0.39 is 12.0 Å². The maximum Gasteiger partial charge on any atom is 0.327 e. The number of carboxylic acid groups (broad SMARTS) is 1. The van der Waals surface area contributed by atoms with E-state index in [4.69, 9.17) is 5.11 Å². The van der Waals surface area contributed by atoms with Crippen molar-refractivity contribution in [1.82, 2.24) is 5.32 Å². The number of hydrogen-bond acceptors (Lipinski definition) is 4. The minimum absolute atomic E-state index is 0.111. The summed E-state index contributed by atoms with van der Waals surface area (Å²) in [5.41, 5.74) is 0. The number of carbonyl (C=O) groups excluding carboxylic acids is 1. The van der Waals surface area contributed by atoms with Crippen LogP contribution in [0, 0.1) is 0 Å². The minimum atomic E-state index is -1.04. The molecule has 0 saturated heterocycles. The van der Waals surface area contributed by atoms with Gasteiger partial charge in [0.25, 0.3) is 0 Å². The third-order valence-electron chi connectivity index (χ3n) is 2.46. The summed E-state index contributed by atoms with van der Waals surface area (Å²) >= 11 is 1.42. The molecule has 1 aliphatic rings. The van der Waals surface area contributed by atoms with E-state index in [-0.39, 0.29) is 11.4 Å². The molecule has 0 radical (unpaired) electrons. The van der Waals surface area contributed by atoms with Gasteiger partial charge in [0, 0.05) is 11.0 Å². The summed E-state index contributed by atoms with van der Waals surface area (Å²) in [4.78, 5) is 20.8. The van der Waals surface area contributed by atoms with E-state index in [2.05, 4.69) is 5.32 Å². The quantitative estimate of drug-likeness (QED) is 0.555. The van der Waals surface area contributed by atoms with Crippen LogP contribution in [0.3, 0.4) is 0 Å². The Balaban J connectivity index is 2.32. The summed E-state index contributed by atoms with van der Waals surface area (Å²) in [5, 5.41) is 20.6. The molecule has 3 N–H and O–H groups in total. The van der Waals surface area contributed by atoms with Crippen LogP contribution in [0.1, 0.15) is 19.3 Å². The molecule has 1 rings (SSSR count). The van der Waals surface area contributed by atoms with Crippen LogP contribution in [0.4, 0.5) is 0 Å². The van der Waals surface area contributed by atoms with Gasteiger partial charge in [0.1, 0.15) is 6.04 Å². The number of aliphatic hydroxyl groups excluding tert-OH is 1. The van der Waals surface area contributed by atoms with E-state index in [0.717, 1.165) is 19.3 Å².